The Bertz CT molecular complexity index is 542. The van der Waals surface area contributed by atoms with Gasteiger partial charge in [-0.25, -0.2) is 0 Å². The summed E-state index contributed by atoms with van der Waals surface area (Å²) in [4.78, 5) is 7.02. The highest BCUT2D eigenvalue weighted by Crippen LogP contribution is 2.39. The summed E-state index contributed by atoms with van der Waals surface area (Å²) in [5.74, 6) is 0.897. The van der Waals surface area contributed by atoms with E-state index in [2.05, 4.69) is 16.8 Å². The Morgan fingerprint density at radius 1 is 1.43 bits per heavy atom. The van der Waals surface area contributed by atoms with Crippen LogP contribution in [0.25, 0.3) is 0 Å². The fourth-order valence-electron chi connectivity index (χ4n) is 3.81. The number of rotatable bonds is 4. The minimum atomic E-state index is -0.653. The van der Waals surface area contributed by atoms with Gasteiger partial charge in [0.05, 0.1) is 12.7 Å². The van der Waals surface area contributed by atoms with Crippen molar-refractivity contribution in [1.82, 2.24) is 9.88 Å². The lowest BCUT2D eigenvalue weighted by Gasteiger charge is -2.24. The Balaban J connectivity index is 1.80. The van der Waals surface area contributed by atoms with Crippen LogP contribution in [0.2, 0.25) is 0 Å². The van der Waals surface area contributed by atoms with Gasteiger partial charge in [-0.3, -0.25) is 9.88 Å². The summed E-state index contributed by atoms with van der Waals surface area (Å²) in [6.07, 6.45) is 5.87. The van der Waals surface area contributed by atoms with E-state index in [9.17, 15) is 5.11 Å². The van der Waals surface area contributed by atoms with E-state index in [0.717, 1.165) is 35.5 Å². The number of aryl methyl sites for hydroxylation is 1. The summed E-state index contributed by atoms with van der Waals surface area (Å²) in [6.45, 7) is 7.04. The molecule has 1 aromatic heterocycles. The van der Waals surface area contributed by atoms with Crippen LogP contribution >= 0.6 is 0 Å². The molecule has 1 aromatic rings. The van der Waals surface area contributed by atoms with Crippen LogP contribution in [0.15, 0.2) is 6.20 Å². The van der Waals surface area contributed by atoms with E-state index in [0.29, 0.717) is 18.5 Å². The normalized spacial score (nSPS) is 29.9. The number of β-amino-alcohol motifs (C(OH)–C–C–N with tert-alkyl or cyclic N) is 1. The van der Waals surface area contributed by atoms with Crippen LogP contribution in [-0.2, 0) is 6.42 Å². The quantitative estimate of drug-likeness (QED) is 0.924. The molecule has 0 amide bonds. The van der Waals surface area contributed by atoms with Gasteiger partial charge in [0, 0.05) is 48.1 Å². The number of pyridine rings is 1. The highest BCUT2D eigenvalue weighted by molar-refractivity contribution is 5.41. The zero-order valence-corrected chi connectivity index (χ0v) is 13.5. The van der Waals surface area contributed by atoms with Crippen LogP contribution in [0, 0.1) is 13.8 Å². The highest BCUT2D eigenvalue weighted by Gasteiger charge is 2.46. The predicted octanol–water partition coefficient (Wildman–Crippen LogP) is 2.24. The van der Waals surface area contributed by atoms with Crippen molar-refractivity contribution in [1.29, 1.82) is 0 Å². The molecule has 0 spiro atoms. The van der Waals surface area contributed by atoms with Crippen LogP contribution in [-0.4, -0.2) is 46.3 Å². The van der Waals surface area contributed by atoms with E-state index in [-0.39, 0.29) is 0 Å². The van der Waals surface area contributed by atoms with Crippen molar-refractivity contribution in [3.63, 3.8) is 0 Å². The topological polar surface area (TPSA) is 45.6 Å². The van der Waals surface area contributed by atoms with Gasteiger partial charge < -0.3 is 9.84 Å². The summed E-state index contributed by atoms with van der Waals surface area (Å²) >= 11 is 0. The molecule has 0 radical (unpaired) electrons. The van der Waals surface area contributed by atoms with Gasteiger partial charge in [0.1, 0.15) is 5.75 Å². The lowest BCUT2D eigenvalue weighted by Crippen LogP contribution is -2.37. The molecule has 2 heterocycles. The molecule has 1 saturated heterocycles. The van der Waals surface area contributed by atoms with Crippen molar-refractivity contribution in [2.75, 3.05) is 13.7 Å². The maximum Gasteiger partial charge on any atom is 0.128 e. The third-order valence-electron chi connectivity index (χ3n) is 4.98. The number of aliphatic hydroxyl groups is 1. The molecule has 1 aliphatic carbocycles. The van der Waals surface area contributed by atoms with E-state index in [1.165, 1.54) is 12.8 Å². The number of likely N-dealkylation sites (tertiary alicyclic amines) is 1. The van der Waals surface area contributed by atoms with Crippen molar-refractivity contribution in [3.05, 3.63) is 23.0 Å². The fourth-order valence-corrected chi connectivity index (χ4v) is 3.81. The molecule has 1 aliphatic heterocycles. The Kier molecular flexibility index (Phi) is 3.70. The van der Waals surface area contributed by atoms with Gasteiger partial charge >= 0.3 is 0 Å². The smallest absolute Gasteiger partial charge is 0.128 e. The van der Waals surface area contributed by atoms with Crippen molar-refractivity contribution < 1.29 is 9.84 Å². The number of hydrogen-bond acceptors (Lipinski definition) is 4. The van der Waals surface area contributed by atoms with E-state index >= 15 is 0 Å². The molecule has 3 rings (SSSR count). The molecule has 1 N–H and O–H groups in total. The Morgan fingerprint density at radius 2 is 2.14 bits per heavy atom. The second-order valence-corrected chi connectivity index (χ2v) is 6.90. The lowest BCUT2D eigenvalue weighted by molar-refractivity contribution is 0.0475. The summed E-state index contributed by atoms with van der Waals surface area (Å²) in [5, 5.41) is 11.0. The van der Waals surface area contributed by atoms with E-state index in [1.54, 1.807) is 7.11 Å². The summed E-state index contributed by atoms with van der Waals surface area (Å²) < 4.78 is 5.47. The fraction of sp³-hybridized carbons (Fsp3) is 0.706. The molecule has 0 bridgehead atoms. The molecule has 1 saturated carbocycles. The first kappa shape index (κ1) is 14.8. The van der Waals surface area contributed by atoms with Crippen molar-refractivity contribution >= 4 is 0 Å². The Hall–Kier alpha value is -1.13. The maximum absolute atomic E-state index is 11.0. The number of hydrogen-bond donors (Lipinski definition) is 1. The van der Waals surface area contributed by atoms with E-state index in [4.69, 9.17) is 4.74 Å². The van der Waals surface area contributed by atoms with Gasteiger partial charge in [-0.2, -0.15) is 0 Å². The summed E-state index contributed by atoms with van der Waals surface area (Å²) in [6, 6.07) is 1.17. The molecular weight excluding hydrogens is 264 g/mol. The maximum atomic E-state index is 11.0. The standard InChI is InChI=1S/C17H26N2O2/c1-11-9-18-15(13(3)16(11)21-4)8-17(20)7-12(2)19(10-17)14-5-6-14/h9,12,14,20H,5-8,10H2,1-4H3. The van der Waals surface area contributed by atoms with Crippen molar-refractivity contribution in [2.24, 2.45) is 0 Å². The third-order valence-corrected chi connectivity index (χ3v) is 4.98. The SMILES string of the molecule is COc1c(C)cnc(CC2(O)CC(C)N(C3CC3)C2)c1C. The molecule has 116 valence electrons. The monoisotopic (exact) mass is 290 g/mol. The number of nitrogens with zero attached hydrogens (tertiary/aromatic N) is 2. The molecule has 2 aliphatic rings. The van der Waals surface area contributed by atoms with Gasteiger partial charge in [-0.1, -0.05) is 0 Å². The number of methoxy groups -OCH3 is 1. The molecule has 4 heteroatoms. The van der Waals surface area contributed by atoms with Gasteiger partial charge in [-0.05, 0) is 40.0 Å². The van der Waals surface area contributed by atoms with Crippen LogP contribution in [0.4, 0.5) is 0 Å². The molecule has 2 atom stereocenters. The Morgan fingerprint density at radius 3 is 2.76 bits per heavy atom. The average Bonchev–Trinajstić information content (AvgIpc) is 3.20. The van der Waals surface area contributed by atoms with E-state index < -0.39 is 5.60 Å². The molecule has 2 unspecified atom stereocenters. The second-order valence-electron chi connectivity index (χ2n) is 6.90. The minimum Gasteiger partial charge on any atom is -0.496 e. The zero-order valence-electron chi connectivity index (χ0n) is 13.5. The van der Waals surface area contributed by atoms with Crippen LogP contribution in [0.5, 0.6) is 5.75 Å². The van der Waals surface area contributed by atoms with Crippen LogP contribution < -0.4 is 4.74 Å². The lowest BCUT2D eigenvalue weighted by atomic mass is 9.92. The minimum absolute atomic E-state index is 0.468. The van der Waals surface area contributed by atoms with Crippen molar-refractivity contribution in [2.45, 2.75) is 64.1 Å². The highest BCUT2D eigenvalue weighted by atomic mass is 16.5. The first-order valence-electron chi connectivity index (χ1n) is 7.91. The number of aromatic nitrogens is 1. The summed E-state index contributed by atoms with van der Waals surface area (Å²) in [7, 11) is 1.69. The molecule has 4 nitrogen and oxygen atoms in total. The molecular formula is C17H26N2O2. The van der Waals surface area contributed by atoms with Crippen LogP contribution in [0.3, 0.4) is 0 Å². The van der Waals surface area contributed by atoms with E-state index in [1.807, 2.05) is 20.0 Å². The van der Waals surface area contributed by atoms with Gasteiger partial charge in [-0.15, -0.1) is 0 Å². The molecule has 21 heavy (non-hydrogen) atoms. The van der Waals surface area contributed by atoms with Crippen molar-refractivity contribution in [3.8, 4) is 5.75 Å². The van der Waals surface area contributed by atoms with Gasteiger partial charge in [0.2, 0.25) is 0 Å². The zero-order chi connectivity index (χ0) is 15.2. The summed E-state index contributed by atoms with van der Waals surface area (Å²) in [5.41, 5.74) is 2.42. The average molecular weight is 290 g/mol. The largest absolute Gasteiger partial charge is 0.496 e. The van der Waals surface area contributed by atoms with Gasteiger partial charge in [0.25, 0.3) is 0 Å². The van der Waals surface area contributed by atoms with Crippen LogP contribution in [0.1, 0.15) is 43.0 Å². The first-order valence-corrected chi connectivity index (χ1v) is 7.91. The molecule has 2 fully saturated rings. The predicted molar refractivity (Wildman–Crippen MR) is 82.7 cm³/mol. The Labute approximate surface area is 127 Å². The van der Waals surface area contributed by atoms with Gasteiger partial charge in [0.15, 0.2) is 0 Å². The number of ether oxygens (including phenoxy) is 1. The second kappa shape index (κ2) is 5.25. The first-order chi connectivity index (χ1) is 9.93. The molecule has 0 aromatic carbocycles. The third kappa shape index (κ3) is 2.79.